The third-order valence-electron chi connectivity index (χ3n) is 5.39. The van der Waals surface area contributed by atoms with Crippen LogP contribution in [0.15, 0.2) is 12.1 Å². The molecule has 0 bridgehead atoms. The molecular formula is C20H27F2N5O5S. The Morgan fingerprint density at radius 3 is 2.70 bits per heavy atom. The number of methoxy groups -OCH3 is 1. The molecule has 1 aliphatic heterocycles. The number of carbonyl (C=O) groups excluding carboxylic acids is 1. The number of anilines is 1. The van der Waals surface area contributed by atoms with Crippen LogP contribution in [0.5, 0.6) is 0 Å². The Bertz CT molecular complexity index is 1120. The summed E-state index contributed by atoms with van der Waals surface area (Å²) in [5.41, 5.74) is 2.29. The number of hydrogen-bond acceptors (Lipinski definition) is 9. The predicted octanol–water partition coefficient (Wildman–Crippen LogP) is 1.94. The summed E-state index contributed by atoms with van der Waals surface area (Å²) in [4.78, 5) is 17.8. The Kier molecular flexibility index (Phi) is 7.32. The molecule has 1 aliphatic rings. The van der Waals surface area contributed by atoms with Crippen LogP contribution in [0.25, 0.3) is 11.4 Å². The smallest absolute Gasteiger partial charge is 0.305 e. The minimum atomic E-state index is -3.68. The topological polar surface area (TPSA) is 117 Å². The zero-order valence-electron chi connectivity index (χ0n) is 18.9. The number of aryl methyl sites for hydroxylation is 2. The SMILES string of the molecule is CCc1nc(-c2nnn(C)c2COS(C)(=O)=O)ccc1N1C[C@H](CC(=O)OC)CC(F)(F)C1. The highest BCUT2D eigenvalue weighted by Crippen LogP contribution is 2.36. The highest BCUT2D eigenvalue weighted by atomic mass is 32.2. The van der Waals surface area contributed by atoms with Gasteiger partial charge in [-0.1, -0.05) is 12.1 Å². The van der Waals surface area contributed by atoms with Gasteiger partial charge in [0.25, 0.3) is 16.0 Å². The fraction of sp³-hybridized carbons (Fsp3) is 0.600. The monoisotopic (exact) mass is 487 g/mol. The molecule has 0 radical (unpaired) electrons. The van der Waals surface area contributed by atoms with Crippen LogP contribution < -0.4 is 4.90 Å². The van der Waals surface area contributed by atoms with Crippen molar-refractivity contribution in [1.29, 1.82) is 0 Å². The van der Waals surface area contributed by atoms with Gasteiger partial charge in [-0.05, 0) is 24.5 Å². The lowest BCUT2D eigenvalue weighted by atomic mass is 9.91. The van der Waals surface area contributed by atoms with Gasteiger partial charge < -0.3 is 9.64 Å². The highest BCUT2D eigenvalue weighted by molar-refractivity contribution is 7.85. The van der Waals surface area contributed by atoms with E-state index in [4.69, 9.17) is 4.18 Å². The Morgan fingerprint density at radius 1 is 1.33 bits per heavy atom. The lowest BCUT2D eigenvalue weighted by molar-refractivity contribution is -0.142. The lowest BCUT2D eigenvalue weighted by Crippen LogP contribution is -2.48. The number of piperidine rings is 1. The third-order valence-corrected chi connectivity index (χ3v) is 5.94. The van der Waals surface area contributed by atoms with Gasteiger partial charge in [0.15, 0.2) is 0 Å². The number of nitrogens with zero attached hydrogens (tertiary/aromatic N) is 5. The number of ether oxygens (including phenoxy) is 1. The van der Waals surface area contributed by atoms with Gasteiger partial charge in [0.2, 0.25) is 0 Å². The molecule has 0 spiro atoms. The van der Waals surface area contributed by atoms with E-state index >= 15 is 0 Å². The summed E-state index contributed by atoms with van der Waals surface area (Å²) >= 11 is 0. The molecule has 2 aromatic rings. The minimum absolute atomic E-state index is 0.0845. The van der Waals surface area contributed by atoms with Crippen molar-refractivity contribution in [2.24, 2.45) is 13.0 Å². The highest BCUT2D eigenvalue weighted by Gasteiger charge is 2.41. The van der Waals surface area contributed by atoms with E-state index in [2.05, 4.69) is 20.0 Å². The number of esters is 1. The number of aromatic nitrogens is 4. The molecular weight excluding hydrogens is 460 g/mol. The molecule has 0 saturated carbocycles. The zero-order valence-corrected chi connectivity index (χ0v) is 19.7. The van der Waals surface area contributed by atoms with Crippen molar-refractivity contribution in [2.75, 3.05) is 31.4 Å². The van der Waals surface area contributed by atoms with E-state index in [1.54, 1.807) is 24.1 Å². The van der Waals surface area contributed by atoms with Crippen molar-refractivity contribution in [3.05, 3.63) is 23.5 Å². The summed E-state index contributed by atoms with van der Waals surface area (Å²) in [5, 5.41) is 8.00. The van der Waals surface area contributed by atoms with E-state index in [9.17, 15) is 22.0 Å². The van der Waals surface area contributed by atoms with Gasteiger partial charge in [-0.25, -0.2) is 18.4 Å². The molecule has 0 aromatic carbocycles. The van der Waals surface area contributed by atoms with Crippen LogP contribution in [0.3, 0.4) is 0 Å². The van der Waals surface area contributed by atoms with Gasteiger partial charge in [0, 0.05) is 20.0 Å². The largest absolute Gasteiger partial charge is 0.469 e. The maximum atomic E-state index is 14.5. The summed E-state index contributed by atoms with van der Waals surface area (Å²) in [6, 6.07) is 3.32. The van der Waals surface area contributed by atoms with Crippen LogP contribution in [0, 0.1) is 5.92 Å². The van der Waals surface area contributed by atoms with Crippen LogP contribution in [-0.4, -0.2) is 66.7 Å². The van der Waals surface area contributed by atoms with E-state index in [-0.39, 0.29) is 26.0 Å². The van der Waals surface area contributed by atoms with E-state index in [1.165, 1.54) is 11.8 Å². The first-order valence-electron chi connectivity index (χ1n) is 10.3. The summed E-state index contributed by atoms with van der Waals surface area (Å²) < 4.78 is 62.6. The summed E-state index contributed by atoms with van der Waals surface area (Å²) in [6.07, 6.45) is 0.941. The third kappa shape index (κ3) is 6.22. The predicted molar refractivity (Wildman–Crippen MR) is 115 cm³/mol. The molecule has 10 nitrogen and oxygen atoms in total. The number of pyridine rings is 1. The number of carbonyl (C=O) groups is 1. The molecule has 2 aromatic heterocycles. The fourth-order valence-corrected chi connectivity index (χ4v) is 4.25. The molecule has 0 unspecified atom stereocenters. The summed E-state index contributed by atoms with van der Waals surface area (Å²) in [6.45, 7) is 1.39. The van der Waals surface area contributed by atoms with Gasteiger partial charge in [-0.15, -0.1) is 5.10 Å². The molecule has 0 amide bonds. The fourth-order valence-electron chi connectivity index (χ4n) is 3.92. The molecule has 3 heterocycles. The Morgan fingerprint density at radius 2 is 2.06 bits per heavy atom. The number of alkyl halides is 2. The zero-order chi connectivity index (χ0) is 24.4. The van der Waals surface area contributed by atoms with E-state index in [0.29, 0.717) is 34.9 Å². The molecule has 33 heavy (non-hydrogen) atoms. The minimum Gasteiger partial charge on any atom is -0.469 e. The van der Waals surface area contributed by atoms with Gasteiger partial charge in [-0.3, -0.25) is 8.98 Å². The first-order chi connectivity index (χ1) is 15.4. The van der Waals surface area contributed by atoms with Crippen molar-refractivity contribution in [3.8, 4) is 11.4 Å². The first-order valence-corrected chi connectivity index (χ1v) is 12.2. The van der Waals surface area contributed by atoms with Crippen LogP contribution in [0.2, 0.25) is 0 Å². The average molecular weight is 488 g/mol. The number of halogens is 2. The van der Waals surface area contributed by atoms with Gasteiger partial charge >= 0.3 is 5.97 Å². The molecule has 182 valence electrons. The molecule has 3 rings (SSSR count). The van der Waals surface area contributed by atoms with Gasteiger partial charge in [0.05, 0.1) is 49.1 Å². The van der Waals surface area contributed by atoms with Crippen LogP contribution in [0.4, 0.5) is 14.5 Å². The van der Waals surface area contributed by atoms with Crippen molar-refractivity contribution in [3.63, 3.8) is 0 Å². The first kappa shape index (κ1) is 25.0. The van der Waals surface area contributed by atoms with Crippen LogP contribution >= 0.6 is 0 Å². The van der Waals surface area contributed by atoms with Crippen LogP contribution in [0.1, 0.15) is 31.2 Å². The van der Waals surface area contributed by atoms with Crippen molar-refractivity contribution >= 4 is 21.8 Å². The second kappa shape index (κ2) is 9.67. The molecule has 1 fully saturated rings. The second-order valence-electron chi connectivity index (χ2n) is 8.08. The Hall–Kier alpha value is -2.67. The summed E-state index contributed by atoms with van der Waals surface area (Å²) in [7, 11) is -0.839. The number of hydrogen-bond donors (Lipinski definition) is 0. The molecule has 13 heteroatoms. The lowest BCUT2D eigenvalue weighted by Gasteiger charge is -2.39. The normalized spacial score (nSPS) is 18.4. The Labute approximate surface area is 191 Å². The second-order valence-corrected chi connectivity index (χ2v) is 9.72. The standard InChI is InChI=1S/C20H27F2N5O5S/c1-5-14-16(27-10-13(8-18(28)31-3)9-20(21,22)12-27)7-6-15(23-14)19-17(26(2)25-24-19)11-32-33(4,29)30/h6-7,13H,5,8-12H2,1-4H3/t13-/m1/s1. The number of rotatable bonds is 8. The van der Waals surface area contributed by atoms with E-state index < -0.39 is 34.5 Å². The van der Waals surface area contributed by atoms with E-state index in [1.807, 2.05) is 6.92 Å². The van der Waals surface area contributed by atoms with E-state index in [0.717, 1.165) is 6.26 Å². The van der Waals surface area contributed by atoms with Gasteiger partial charge in [-0.2, -0.15) is 8.42 Å². The summed E-state index contributed by atoms with van der Waals surface area (Å²) in [5.74, 6) is -4.03. The molecule has 1 saturated heterocycles. The molecule has 0 N–H and O–H groups in total. The quantitative estimate of drug-likeness (QED) is 0.407. The Balaban J connectivity index is 1.91. The maximum absolute atomic E-state index is 14.5. The van der Waals surface area contributed by atoms with Crippen molar-refractivity contribution < 1.29 is 30.9 Å². The van der Waals surface area contributed by atoms with Gasteiger partial charge in [0.1, 0.15) is 12.3 Å². The average Bonchev–Trinajstić information content (AvgIpc) is 3.10. The van der Waals surface area contributed by atoms with Crippen LogP contribution in [-0.2, 0) is 43.9 Å². The maximum Gasteiger partial charge on any atom is 0.305 e. The molecule has 1 atom stereocenters. The van der Waals surface area contributed by atoms with Crippen molar-refractivity contribution in [2.45, 2.75) is 38.7 Å². The van der Waals surface area contributed by atoms with Crippen molar-refractivity contribution in [1.82, 2.24) is 20.0 Å². The molecule has 0 aliphatic carbocycles.